The maximum absolute atomic E-state index is 12.8. The monoisotopic (exact) mass is 374 g/mol. The largest absolute Gasteiger partial charge is 0.301 e. The SMILES string of the molecule is CC(CCC(F)=C(F)F)CCS(=O)(=O)c1nnnn1-c1ccccc1. The molecule has 0 aliphatic rings. The third kappa shape index (κ3) is 5.12. The molecule has 0 saturated carbocycles. The number of nitrogens with zero attached hydrogens (tertiary/aromatic N) is 4. The van der Waals surface area contributed by atoms with Crippen molar-refractivity contribution in [2.75, 3.05) is 5.75 Å². The third-order valence-corrected chi connectivity index (χ3v) is 5.24. The number of hydrogen-bond donors (Lipinski definition) is 0. The molecule has 10 heteroatoms. The van der Waals surface area contributed by atoms with Crippen LogP contribution in [0.2, 0.25) is 0 Å². The Balaban J connectivity index is 2.04. The molecule has 2 aromatic rings. The fraction of sp³-hybridized carbons (Fsp3) is 0.400. The number of aromatic nitrogens is 4. The van der Waals surface area contributed by atoms with Crippen LogP contribution in [0.3, 0.4) is 0 Å². The fourth-order valence-electron chi connectivity index (χ4n) is 2.16. The van der Waals surface area contributed by atoms with Crippen molar-refractivity contribution in [3.63, 3.8) is 0 Å². The molecule has 6 nitrogen and oxygen atoms in total. The molecule has 1 aromatic heterocycles. The van der Waals surface area contributed by atoms with Gasteiger partial charge in [-0.15, -0.1) is 0 Å². The number of rotatable bonds is 8. The Bertz CT molecular complexity index is 833. The number of tetrazole rings is 1. The summed E-state index contributed by atoms with van der Waals surface area (Å²) in [5.74, 6) is -1.96. The van der Waals surface area contributed by atoms with Gasteiger partial charge in [0.15, 0.2) is 5.83 Å². The average molecular weight is 374 g/mol. The van der Waals surface area contributed by atoms with Crippen LogP contribution in [0.4, 0.5) is 13.2 Å². The van der Waals surface area contributed by atoms with Crippen LogP contribution in [0.25, 0.3) is 5.69 Å². The van der Waals surface area contributed by atoms with Crippen LogP contribution in [-0.4, -0.2) is 34.4 Å². The summed E-state index contributed by atoms with van der Waals surface area (Å²) >= 11 is 0. The third-order valence-electron chi connectivity index (χ3n) is 3.66. The molecule has 0 fully saturated rings. The quantitative estimate of drug-likeness (QED) is 0.708. The highest BCUT2D eigenvalue weighted by atomic mass is 32.2. The van der Waals surface area contributed by atoms with E-state index in [1.165, 1.54) is 0 Å². The van der Waals surface area contributed by atoms with Gasteiger partial charge in [0.05, 0.1) is 11.4 Å². The zero-order valence-electron chi connectivity index (χ0n) is 13.4. The van der Waals surface area contributed by atoms with Crippen molar-refractivity contribution < 1.29 is 21.6 Å². The first kappa shape index (κ1) is 19.1. The van der Waals surface area contributed by atoms with Crippen LogP contribution in [0.15, 0.2) is 47.4 Å². The number of halogens is 3. The van der Waals surface area contributed by atoms with Gasteiger partial charge in [-0.05, 0) is 41.3 Å². The van der Waals surface area contributed by atoms with Crippen molar-refractivity contribution in [1.29, 1.82) is 0 Å². The van der Waals surface area contributed by atoms with Crippen LogP contribution < -0.4 is 0 Å². The summed E-state index contributed by atoms with van der Waals surface area (Å²) in [4.78, 5) is 0. The molecule has 0 saturated heterocycles. The van der Waals surface area contributed by atoms with Gasteiger partial charge in [0, 0.05) is 6.42 Å². The van der Waals surface area contributed by atoms with Gasteiger partial charge in [0.1, 0.15) is 0 Å². The molecule has 1 heterocycles. The Hall–Kier alpha value is -2.23. The standard InChI is InChI=1S/C15H17F3N4O2S/c1-11(7-8-13(16)14(17)18)9-10-25(23,24)15-19-20-21-22(15)12-5-3-2-4-6-12/h2-6,11H,7-10H2,1H3. The van der Waals surface area contributed by atoms with Crippen molar-refractivity contribution in [3.8, 4) is 5.69 Å². The molecule has 0 aliphatic carbocycles. The van der Waals surface area contributed by atoms with Gasteiger partial charge in [-0.1, -0.05) is 30.2 Å². The Kier molecular flexibility index (Phi) is 6.29. The predicted molar refractivity (Wildman–Crippen MR) is 84.6 cm³/mol. The van der Waals surface area contributed by atoms with Crippen molar-refractivity contribution in [2.24, 2.45) is 5.92 Å². The Morgan fingerprint density at radius 3 is 2.48 bits per heavy atom. The lowest BCUT2D eigenvalue weighted by molar-refractivity contribution is 0.360. The number of allylic oxidation sites excluding steroid dienone is 1. The highest BCUT2D eigenvalue weighted by molar-refractivity contribution is 7.91. The zero-order valence-corrected chi connectivity index (χ0v) is 14.3. The Labute approximate surface area is 143 Å². The van der Waals surface area contributed by atoms with Gasteiger partial charge in [-0.3, -0.25) is 0 Å². The molecule has 0 N–H and O–H groups in total. The van der Waals surface area contributed by atoms with Crippen LogP contribution in [0, 0.1) is 5.92 Å². The minimum absolute atomic E-state index is 0.127. The lowest BCUT2D eigenvalue weighted by Crippen LogP contribution is -2.16. The zero-order chi connectivity index (χ0) is 18.4. The van der Waals surface area contributed by atoms with E-state index in [1.807, 2.05) is 0 Å². The molecule has 1 atom stereocenters. The van der Waals surface area contributed by atoms with Crippen LogP contribution in [0.5, 0.6) is 0 Å². The molecular weight excluding hydrogens is 357 g/mol. The summed E-state index contributed by atoms with van der Waals surface area (Å²) in [6.45, 7) is 1.68. The molecule has 0 radical (unpaired) electrons. The van der Waals surface area contributed by atoms with E-state index in [0.717, 1.165) is 4.68 Å². The van der Waals surface area contributed by atoms with Crippen LogP contribution in [0.1, 0.15) is 26.2 Å². The van der Waals surface area contributed by atoms with Crippen LogP contribution >= 0.6 is 0 Å². The lowest BCUT2D eigenvalue weighted by Gasteiger charge is -2.10. The van der Waals surface area contributed by atoms with E-state index in [2.05, 4.69) is 15.5 Å². The van der Waals surface area contributed by atoms with Gasteiger partial charge in [-0.25, -0.2) is 12.8 Å². The molecule has 2 rings (SSSR count). The maximum Gasteiger partial charge on any atom is 0.301 e. The van der Waals surface area contributed by atoms with Gasteiger partial charge in [-0.2, -0.15) is 13.5 Å². The molecular formula is C15H17F3N4O2S. The number of sulfone groups is 1. The smallest absolute Gasteiger partial charge is 0.220 e. The summed E-state index contributed by atoms with van der Waals surface area (Å²) in [6, 6.07) is 8.55. The molecule has 1 unspecified atom stereocenters. The maximum atomic E-state index is 12.8. The topological polar surface area (TPSA) is 77.7 Å². The van der Waals surface area contributed by atoms with Gasteiger partial charge >= 0.3 is 6.08 Å². The first-order valence-corrected chi connectivity index (χ1v) is 9.22. The summed E-state index contributed by atoms with van der Waals surface area (Å²) < 4.78 is 62.9. The van der Waals surface area contributed by atoms with E-state index in [1.54, 1.807) is 37.3 Å². The van der Waals surface area contributed by atoms with E-state index in [4.69, 9.17) is 0 Å². The highest BCUT2D eigenvalue weighted by Crippen LogP contribution is 2.21. The van der Waals surface area contributed by atoms with Crippen molar-refractivity contribution in [1.82, 2.24) is 20.2 Å². The minimum atomic E-state index is -3.77. The van der Waals surface area contributed by atoms with E-state index in [9.17, 15) is 21.6 Å². The first-order chi connectivity index (χ1) is 11.8. The summed E-state index contributed by atoms with van der Waals surface area (Å²) in [5, 5.41) is 10.4. The molecule has 0 aliphatic heterocycles. The van der Waals surface area contributed by atoms with E-state index in [0.29, 0.717) is 5.69 Å². The second-order valence-electron chi connectivity index (χ2n) is 5.63. The Morgan fingerprint density at radius 2 is 1.84 bits per heavy atom. The van der Waals surface area contributed by atoms with E-state index in [-0.39, 0.29) is 29.7 Å². The molecule has 136 valence electrons. The van der Waals surface area contributed by atoms with Crippen molar-refractivity contribution in [2.45, 2.75) is 31.3 Å². The number of benzene rings is 1. The van der Waals surface area contributed by atoms with Gasteiger partial charge in [0.25, 0.3) is 5.16 Å². The summed E-state index contributed by atoms with van der Waals surface area (Å²) in [6.07, 6.45) is -2.43. The fourth-order valence-corrected chi connectivity index (χ4v) is 3.63. The van der Waals surface area contributed by atoms with Gasteiger partial charge in [0.2, 0.25) is 9.84 Å². The molecule has 25 heavy (non-hydrogen) atoms. The first-order valence-electron chi connectivity index (χ1n) is 7.57. The molecule has 0 bridgehead atoms. The minimum Gasteiger partial charge on any atom is -0.220 e. The second kappa shape index (κ2) is 8.24. The summed E-state index contributed by atoms with van der Waals surface area (Å²) in [7, 11) is -3.77. The second-order valence-corrected chi connectivity index (χ2v) is 7.63. The number of hydrogen-bond acceptors (Lipinski definition) is 5. The van der Waals surface area contributed by atoms with Crippen LogP contribution in [-0.2, 0) is 9.84 Å². The van der Waals surface area contributed by atoms with Crippen molar-refractivity contribution >= 4 is 9.84 Å². The molecule has 1 aromatic carbocycles. The predicted octanol–water partition coefficient (Wildman–Crippen LogP) is 3.32. The normalized spacial score (nSPS) is 12.8. The summed E-state index contributed by atoms with van der Waals surface area (Å²) in [5.41, 5.74) is 0.504. The van der Waals surface area contributed by atoms with Crippen molar-refractivity contribution in [3.05, 3.63) is 42.2 Å². The Morgan fingerprint density at radius 1 is 1.16 bits per heavy atom. The average Bonchev–Trinajstić information content (AvgIpc) is 3.09. The van der Waals surface area contributed by atoms with E-state index >= 15 is 0 Å². The highest BCUT2D eigenvalue weighted by Gasteiger charge is 2.24. The lowest BCUT2D eigenvalue weighted by atomic mass is 10.0. The van der Waals surface area contributed by atoms with Gasteiger partial charge < -0.3 is 0 Å². The number of para-hydroxylation sites is 1. The molecule has 0 amide bonds. The molecule has 0 spiro atoms. The van der Waals surface area contributed by atoms with E-state index < -0.39 is 28.2 Å².